The molecule has 0 spiro atoms. The predicted octanol–water partition coefficient (Wildman–Crippen LogP) is 0.789. The van der Waals surface area contributed by atoms with Crippen LogP contribution in [0.25, 0.3) is 0 Å². The maximum Gasteiger partial charge on any atom is 0.273 e. The van der Waals surface area contributed by atoms with Gasteiger partial charge in [-0.05, 0) is 43.9 Å². The Bertz CT molecular complexity index is 899. The van der Waals surface area contributed by atoms with Gasteiger partial charge in [-0.2, -0.15) is 0 Å². The Morgan fingerprint density at radius 3 is 2.62 bits per heavy atom. The molecule has 4 atom stereocenters. The van der Waals surface area contributed by atoms with Crippen molar-refractivity contribution in [1.82, 2.24) is 16.0 Å². The third-order valence-corrected chi connectivity index (χ3v) is 7.00. The van der Waals surface area contributed by atoms with Crippen LogP contribution >= 0.6 is 11.8 Å². The Morgan fingerprint density at radius 2 is 2.00 bits per heavy atom. The number of nitrogens with two attached hydrogens (primary N) is 2. The van der Waals surface area contributed by atoms with Gasteiger partial charge in [0.1, 0.15) is 12.1 Å². The van der Waals surface area contributed by atoms with Crippen molar-refractivity contribution < 1.29 is 19.3 Å². The van der Waals surface area contributed by atoms with E-state index >= 15 is 0 Å². The fraction of sp³-hybridized carbons (Fsp3) is 0.591. The Hall–Kier alpha value is -2.70. The SMILES string of the molecule is CCC(C)C1NCc2cc(ccc2[N+](=O)[O-])SC[C@@H](C(N)=O)NC(=O)C(CCCCN)NC1=O. The number of nitro benzene ring substituents is 1. The second-order valence-corrected chi connectivity index (χ2v) is 9.51. The van der Waals surface area contributed by atoms with Crippen LogP contribution in [0.4, 0.5) is 5.69 Å². The lowest BCUT2D eigenvalue weighted by Crippen LogP contribution is -2.57. The number of rotatable bonds is 8. The van der Waals surface area contributed by atoms with Crippen LogP contribution in [0.2, 0.25) is 0 Å². The quantitative estimate of drug-likeness (QED) is 0.200. The summed E-state index contributed by atoms with van der Waals surface area (Å²) in [7, 11) is 0. The number of primary amides is 1. The minimum absolute atomic E-state index is 0.0633. The molecule has 11 nitrogen and oxygen atoms in total. The van der Waals surface area contributed by atoms with E-state index in [1.165, 1.54) is 17.8 Å². The molecule has 2 rings (SSSR count). The van der Waals surface area contributed by atoms with Crippen molar-refractivity contribution in [1.29, 1.82) is 0 Å². The summed E-state index contributed by atoms with van der Waals surface area (Å²) in [5.74, 6) is -1.54. The van der Waals surface area contributed by atoms with Crippen LogP contribution in [-0.4, -0.2) is 53.1 Å². The zero-order chi connectivity index (χ0) is 25.3. The van der Waals surface area contributed by atoms with E-state index in [4.69, 9.17) is 11.5 Å². The number of amides is 3. The molecule has 3 amide bonds. The highest BCUT2D eigenvalue weighted by atomic mass is 32.2. The zero-order valence-corrected chi connectivity index (χ0v) is 20.4. The molecule has 0 saturated heterocycles. The number of nitro groups is 1. The highest BCUT2D eigenvalue weighted by Crippen LogP contribution is 2.27. The van der Waals surface area contributed by atoms with Gasteiger partial charge in [0.05, 0.1) is 11.0 Å². The molecule has 0 radical (unpaired) electrons. The van der Waals surface area contributed by atoms with Crippen molar-refractivity contribution in [2.24, 2.45) is 17.4 Å². The molecule has 12 heteroatoms. The minimum Gasteiger partial charge on any atom is -0.368 e. The summed E-state index contributed by atoms with van der Waals surface area (Å²) in [6, 6.07) is 2.12. The Labute approximate surface area is 203 Å². The van der Waals surface area contributed by atoms with Gasteiger partial charge in [0.15, 0.2) is 0 Å². The molecule has 34 heavy (non-hydrogen) atoms. The molecule has 1 aliphatic heterocycles. The van der Waals surface area contributed by atoms with Crippen LogP contribution < -0.4 is 27.4 Å². The smallest absolute Gasteiger partial charge is 0.273 e. The van der Waals surface area contributed by atoms with Crippen LogP contribution in [0.5, 0.6) is 0 Å². The largest absolute Gasteiger partial charge is 0.368 e. The molecule has 1 aliphatic rings. The number of hydrogen-bond acceptors (Lipinski definition) is 8. The number of fused-ring (bicyclic) bond motifs is 2. The molecule has 7 N–H and O–H groups in total. The predicted molar refractivity (Wildman–Crippen MR) is 130 cm³/mol. The number of hydrogen-bond donors (Lipinski definition) is 5. The lowest BCUT2D eigenvalue weighted by atomic mass is 9.97. The fourth-order valence-corrected chi connectivity index (χ4v) is 4.65. The summed E-state index contributed by atoms with van der Waals surface area (Å²) >= 11 is 1.26. The summed E-state index contributed by atoms with van der Waals surface area (Å²) in [6.07, 6.45) is 2.32. The standard InChI is InChI=1S/C22H34N6O5S/c1-3-13(2)19-22(31)26-16(6-4-5-9-23)21(30)27-17(20(24)29)12-34-15-7-8-18(28(32)33)14(10-15)11-25-19/h7-8,10,13,16-17,19,25H,3-6,9,11-12,23H2,1-2H3,(H2,24,29)(H,26,31)(H,27,30)/t13?,16?,17-,19?/m0/s1. The van der Waals surface area contributed by atoms with E-state index in [1.54, 1.807) is 12.1 Å². The van der Waals surface area contributed by atoms with Gasteiger partial charge in [-0.25, -0.2) is 0 Å². The first-order chi connectivity index (χ1) is 16.2. The second-order valence-electron chi connectivity index (χ2n) is 8.41. The molecular weight excluding hydrogens is 460 g/mol. The first-order valence-corrected chi connectivity index (χ1v) is 12.4. The van der Waals surface area contributed by atoms with Gasteiger partial charge in [0, 0.05) is 28.8 Å². The van der Waals surface area contributed by atoms with E-state index in [-0.39, 0.29) is 29.8 Å². The van der Waals surface area contributed by atoms with Crippen LogP contribution in [0.15, 0.2) is 23.1 Å². The van der Waals surface area contributed by atoms with Gasteiger partial charge in [-0.3, -0.25) is 24.5 Å². The monoisotopic (exact) mass is 494 g/mol. The summed E-state index contributed by atoms with van der Waals surface area (Å²) in [4.78, 5) is 50.0. The maximum atomic E-state index is 13.2. The normalized spacial score (nSPS) is 22.7. The van der Waals surface area contributed by atoms with Crippen molar-refractivity contribution in [3.63, 3.8) is 0 Å². The first kappa shape index (κ1) is 27.5. The summed E-state index contributed by atoms with van der Waals surface area (Å²) in [5.41, 5.74) is 11.4. The molecule has 188 valence electrons. The van der Waals surface area contributed by atoms with E-state index in [0.717, 1.165) is 0 Å². The zero-order valence-electron chi connectivity index (χ0n) is 19.5. The molecular formula is C22H34N6O5S. The third-order valence-electron chi connectivity index (χ3n) is 5.91. The van der Waals surface area contributed by atoms with Crippen molar-refractivity contribution >= 4 is 35.2 Å². The van der Waals surface area contributed by atoms with Gasteiger partial charge in [0.25, 0.3) is 5.69 Å². The number of unbranched alkanes of at least 4 members (excludes halogenated alkanes) is 1. The molecule has 1 heterocycles. The topological polar surface area (TPSA) is 182 Å². The molecule has 0 fully saturated rings. The molecule has 1 aromatic carbocycles. The lowest BCUT2D eigenvalue weighted by molar-refractivity contribution is -0.385. The number of nitrogens with one attached hydrogen (secondary N) is 3. The van der Waals surface area contributed by atoms with Crippen molar-refractivity contribution in [3.05, 3.63) is 33.9 Å². The average Bonchev–Trinajstić information content (AvgIpc) is 2.80. The van der Waals surface area contributed by atoms with Crippen LogP contribution in [0.3, 0.4) is 0 Å². The minimum atomic E-state index is -0.975. The third kappa shape index (κ3) is 7.67. The second kappa shape index (κ2) is 13.3. The summed E-state index contributed by atoms with van der Waals surface area (Å²) < 4.78 is 0. The van der Waals surface area contributed by atoms with E-state index in [2.05, 4.69) is 16.0 Å². The molecule has 1 aromatic rings. The van der Waals surface area contributed by atoms with E-state index < -0.39 is 34.9 Å². The highest BCUT2D eigenvalue weighted by molar-refractivity contribution is 7.99. The number of nitrogens with zero attached hydrogens (tertiary/aromatic N) is 1. The van der Waals surface area contributed by atoms with Crippen LogP contribution in [-0.2, 0) is 20.9 Å². The summed E-state index contributed by atoms with van der Waals surface area (Å²) in [6.45, 7) is 4.38. The van der Waals surface area contributed by atoms with Gasteiger partial charge >= 0.3 is 0 Å². The van der Waals surface area contributed by atoms with Crippen molar-refractivity contribution in [2.75, 3.05) is 12.3 Å². The van der Waals surface area contributed by atoms with Crippen molar-refractivity contribution in [3.8, 4) is 0 Å². The highest BCUT2D eigenvalue weighted by Gasteiger charge is 2.31. The Morgan fingerprint density at radius 1 is 1.26 bits per heavy atom. The van der Waals surface area contributed by atoms with E-state index in [9.17, 15) is 24.5 Å². The van der Waals surface area contributed by atoms with Crippen LogP contribution in [0.1, 0.15) is 45.1 Å². The lowest BCUT2D eigenvalue weighted by Gasteiger charge is -2.28. The molecule has 0 aromatic heterocycles. The van der Waals surface area contributed by atoms with Gasteiger partial charge in [-0.1, -0.05) is 20.3 Å². The maximum absolute atomic E-state index is 13.2. The molecule has 0 aliphatic carbocycles. The van der Waals surface area contributed by atoms with Crippen LogP contribution in [0, 0.1) is 16.0 Å². The number of benzene rings is 1. The van der Waals surface area contributed by atoms with E-state index in [0.29, 0.717) is 42.7 Å². The van der Waals surface area contributed by atoms with Crippen molar-refractivity contribution in [2.45, 2.75) is 69.1 Å². The number of carbonyl (C=O) groups is 3. The number of carbonyl (C=O) groups excluding carboxylic acids is 3. The summed E-state index contributed by atoms with van der Waals surface area (Å²) in [5, 5.41) is 20.2. The van der Waals surface area contributed by atoms with Gasteiger partial charge in [-0.15, -0.1) is 11.8 Å². The van der Waals surface area contributed by atoms with Gasteiger partial charge in [0.2, 0.25) is 17.7 Å². The van der Waals surface area contributed by atoms with Gasteiger partial charge < -0.3 is 27.4 Å². The Kier molecular flexibility index (Phi) is 10.7. The Balaban J connectivity index is 2.44. The first-order valence-electron chi connectivity index (χ1n) is 11.4. The fourth-order valence-electron chi connectivity index (χ4n) is 3.65. The molecule has 3 unspecified atom stereocenters. The number of thioether (sulfide) groups is 1. The molecule has 2 bridgehead atoms. The molecule has 0 saturated carbocycles. The average molecular weight is 495 g/mol. The van der Waals surface area contributed by atoms with E-state index in [1.807, 2.05) is 13.8 Å².